The van der Waals surface area contributed by atoms with Crippen molar-refractivity contribution in [3.8, 4) is 0 Å². The van der Waals surface area contributed by atoms with Gasteiger partial charge < -0.3 is 9.84 Å². The van der Waals surface area contributed by atoms with Crippen LogP contribution in [0.2, 0.25) is 0 Å². The highest BCUT2D eigenvalue weighted by molar-refractivity contribution is 14.1. The first-order valence-electron chi connectivity index (χ1n) is 3.72. The average molecular weight is 297 g/mol. The third-order valence-electron chi connectivity index (χ3n) is 1.39. The van der Waals surface area contributed by atoms with Gasteiger partial charge in [-0.05, 0) is 22.6 Å². The van der Waals surface area contributed by atoms with Gasteiger partial charge in [-0.2, -0.15) is 4.39 Å². The molecule has 1 aromatic heterocycles. The second-order valence-corrected chi connectivity index (χ2v) is 3.54. The summed E-state index contributed by atoms with van der Waals surface area (Å²) >= 11 is 2.02. The molecule has 0 aliphatic rings. The Morgan fingerprint density at radius 3 is 3.00 bits per heavy atom. The van der Waals surface area contributed by atoms with E-state index >= 15 is 0 Å². The maximum absolute atomic E-state index is 12.5. The zero-order valence-corrected chi connectivity index (χ0v) is 8.99. The van der Waals surface area contributed by atoms with Crippen LogP contribution in [-0.4, -0.2) is 23.3 Å². The van der Waals surface area contributed by atoms with Crippen LogP contribution in [0.25, 0.3) is 0 Å². The molecular formula is C8H9FINO2. The fraction of sp³-hybridized carbons (Fsp3) is 0.375. The maximum atomic E-state index is 12.5. The molecule has 1 heterocycles. The fourth-order valence-corrected chi connectivity index (χ4v) is 1.34. The lowest BCUT2D eigenvalue weighted by Gasteiger charge is -2.03. The molecule has 0 aromatic carbocycles. The van der Waals surface area contributed by atoms with Crippen molar-refractivity contribution in [1.82, 2.24) is 4.98 Å². The van der Waals surface area contributed by atoms with Crippen LogP contribution in [0, 0.1) is 9.52 Å². The van der Waals surface area contributed by atoms with Crippen molar-refractivity contribution in [2.24, 2.45) is 0 Å². The molecule has 1 aromatic rings. The summed E-state index contributed by atoms with van der Waals surface area (Å²) in [5, 5.41) is 8.46. The number of nitrogens with zero attached hydrogens (tertiary/aromatic N) is 1. The Morgan fingerprint density at radius 2 is 2.38 bits per heavy atom. The highest BCUT2D eigenvalue weighted by atomic mass is 127. The largest absolute Gasteiger partial charge is 0.394 e. The second kappa shape index (κ2) is 5.46. The van der Waals surface area contributed by atoms with Gasteiger partial charge >= 0.3 is 0 Å². The molecule has 0 aliphatic heterocycles. The number of ether oxygens (including phenoxy) is 1. The molecule has 0 radical (unpaired) electrons. The summed E-state index contributed by atoms with van der Waals surface area (Å²) in [6, 6.07) is 1.35. The van der Waals surface area contributed by atoms with Crippen LogP contribution in [-0.2, 0) is 11.3 Å². The number of pyridine rings is 1. The monoisotopic (exact) mass is 297 g/mol. The summed E-state index contributed by atoms with van der Waals surface area (Å²) in [5.74, 6) is -0.490. The van der Waals surface area contributed by atoms with Crippen molar-refractivity contribution >= 4 is 22.6 Å². The smallest absolute Gasteiger partial charge is 0.213 e. The summed E-state index contributed by atoms with van der Waals surface area (Å²) in [5.41, 5.74) is 0.829. The molecule has 3 nitrogen and oxygen atoms in total. The minimum Gasteiger partial charge on any atom is -0.394 e. The molecule has 0 unspecified atom stereocenters. The molecule has 0 aliphatic carbocycles. The van der Waals surface area contributed by atoms with Crippen molar-refractivity contribution in [1.29, 1.82) is 0 Å². The van der Waals surface area contributed by atoms with Crippen LogP contribution in [0.4, 0.5) is 4.39 Å². The fourth-order valence-electron chi connectivity index (χ4n) is 0.789. The zero-order valence-electron chi connectivity index (χ0n) is 6.83. The van der Waals surface area contributed by atoms with E-state index in [9.17, 15) is 4.39 Å². The van der Waals surface area contributed by atoms with E-state index < -0.39 is 5.95 Å². The van der Waals surface area contributed by atoms with Gasteiger partial charge in [0.15, 0.2) is 0 Å². The number of aliphatic hydroxyl groups is 1. The topological polar surface area (TPSA) is 42.4 Å². The van der Waals surface area contributed by atoms with E-state index in [0.29, 0.717) is 6.61 Å². The summed E-state index contributed by atoms with van der Waals surface area (Å²) < 4.78 is 18.4. The Bertz CT molecular complexity index is 283. The minimum atomic E-state index is -0.490. The molecule has 0 amide bonds. The Labute approximate surface area is 89.1 Å². The molecule has 5 heteroatoms. The predicted octanol–water partition coefficient (Wildman–Crippen LogP) is 1.33. The lowest BCUT2D eigenvalue weighted by Crippen LogP contribution is -2.01. The summed E-state index contributed by atoms with van der Waals surface area (Å²) in [6.45, 7) is 0.630. The third-order valence-corrected chi connectivity index (χ3v) is 2.39. The number of rotatable bonds is 4. The van der Waals surface area contributed by atoms with Crippen LogP contribution in [0.3, 0.4) is 0 Å². The van der Waals surface area contributed by atoms with Crippen molar-refractivity contribution in [2.45, 2.75) is 6.61 Å². The van der Waals surface area contributed by atoms with E-state index in [1.165, 1.54) is 12.3 Å². The van der Waals surface area contributed by atoms with Crippen LogP contribution in [0.5, 0.6) is 0 Å². The van der Waals surface area contributed by atoms with Gasteiger partial charge in [0.1, 0.15) is 0 Å². The SMILES string of the molecule is OCCOCc1cnc(F)cc1I. The van der Waals surface area contributed by atoms with Crippen molar-refractivity contribution in [3.63, 3.8) is 0 Å². The average Bonchev–Trinajstić information content (AvgIpc) is 2.09. The van der Waals surface area contributed by atoms with E-state index in [2.05, 4.69) is 4.98 Å². The summed E-state index contributed by atoms with van der Waals surface area (Å²) in [4.78, 5) is 3.50. The second-order valence-electron chi connectivity index (χ2n) is 2.37. The van der Waals surface area contributed by atoms with E-state index in [1.54, 1.807) is 0 Å². The first-order valence-corrected chi connectivity index (χ1v) is 4.80. The van der Waals surface area contributed by atoms with Gasteiger partial charge in [0, 0.05) is 21.4 Å². The van der Waals surface area contributed by atoms with Gasteiger partial charge in [0.2, 0.25) is 5.95 Å². The molecule has 1 N–H and O–H groups in total. The maximum Gasteiger partial charge on any atom is 0.213 e. The molecule has 0 spiro atoms. The van der Waals surface area contributed by atoms with Crippen molar-refractivity contribution in [3.05, 3.63) is 27.3 Å². The molecule has 0 bridgehead atoms. The predicted molar refractivity (Wildman–Crippen MR) is 53.7 cm³/mol. The number of aromatic nitrogens is 1. The molecule has 0 atom stereocenters. The first kappa shape index (κ1) is 10.8. The van der Waals surface area contributed by atoms with Crippen LogP contribution in [0.1, 0.15) is 5.56 Å². The quantitative estimate of drug-likeness (QED) is 0.518. The highest BCUT2D eigenvalue weighted by Gasteiger charge is 2.01. The first-order chi connectivity index (χ1) is 6.24. The number of halogens is 2. The Hall–Kier alpha value is -0.270. The molecule has 0 fully saturated rings. The molecule has 13 heavy (non-hydrogen) atoms. The molecular weight excluding hydrogens is 288 g/mol. The number of aliphatic hydroxyl groups excluding tert-OH is 1. The Kier molecular flexibility index (Phi) is 4.54. The van der Waals surface area contributed by atoms with E-state index in [1.807, 2.05) is 22.6 Å². The summed E-state index contributed by atoms with van der Waals surface area (Å²) in [7, 11) is 0. The summed E-state index contributed by atoms with van der Waals surface area (Å²) in [6.07, 6.45) is 1.44. The Morgan fingerprint density at radius 1 is 1.62 bits per heavy atom. The van der Waals surface area contributed by atoms with Gasteiger partial charge in [0.25, 0.3) is 0 Å². The standard InChI is InChI=1S/C8H9FINO2/c9-8-3-7(10)6(4-11-8)5-13-2-1-12/h3-4,12H,1-2,5H2. The van der Waals surface area contributed by atoms with E-state index in [4.69, 9.17) is 9.84 Å². The van der Waals surface area contributed by atoms with Crippen LogP contribution < -0.4 is 0 Å². The number of hydrogen-bond acceptors (Lipinski definition) is 3. The molecule has 1 rings (SSSR count). The van der Waals surface area contributed by atoms with Crippen LogP contribution in [0.15, 0.2) is 12.3 Å². The molecule has 0 saturated heterocycles. The van der Waals surface area contributed by atoms with E-state index in [0.717, 1.165) is 9.13 Å². The highest BCUT2D eigenvalue weighted by Crippen LogP contribution is 2.12. The minimum absolute atomic E-state index is 0.00873. The molecule has 0 saturated carbocycles. The van der Waals surface area contributed by atoms with Gasteiger partial charge in [-0.15, -0.1) is 0 Å². The molecule has 72 valence electrons. The third kappa shape index (κ3) is 3.53. The van der Waals surface area contributed by atoms with E-state index in [-0.39, 0.29) is 13.2 Å². The van der Waals surface area contributed by atoms with Gasteiger partial charge in [-0.1, -0.05) is 0 Å². The Balaban J connectivity index is 2.56. The lowest BCUT2D eigenvalue weighted by atomic mass is 10.3. The zero-order chi connectivity index (χ0) is 9.68. The number of hydrogen-bond donors (Lipinski definition) is 1. The normalized spacial score (nSPS) is 10.4. The van der Waals surface area contributed by atoms with Gasteiger partial charge in [0.05, 0.1) is 19.8 Å². The van der Waals surface area contributed by atoms with Crippen molar-refractivity contribution < 1.29 is 14.2 Å². The van der Waals surface area contributed by atoms with Gasteiger partial charge in [-0.3, -0.25) is 0 Å². The lowest BCUT2D eigenvalue weighted by molar-refractivity contribution is 0.0810. The van der Waals surface area contributed by atoms with Crippen LogP contribution >= 0.6 is 22.6 Å². The van der Waals surface area contributed by atoms with Crippen molar-refractivity contribution in [2.75, 3.05) is 13.2 Å². The van der Waals surface area contributed by atoms with Gasteiger partial charge in [-0.25, -0.2) is 4.98 Å².